The zero-order chi connectivity index (χ0) is 16.7. The van der Waals surface area contributed by atoms with Gasteiger partial charge in [0, 0.05) is 23.7 Å². The van der Waals surface area contributed by atoms with E-state index in [0.717, 1.165) is 52.9 Å². The van der Waals surface area contributed by atoms with Crippen LogP contribution in [0.4, 0.5) is 5.69 Å². The molecular formula is C21H24ClN3. The van der Waals surface area contributed by atoms with Gasteiger partial charge in [0.05, 0.1) is 5.52 Å². The average Bonchev–Trinajstić information content (AvgIpc) is 2.95. The van der Waals surface area contributed by atoms with Crippen molar-refractivity contribution in [3.8, 4) is 0 Å². The molecule has 0 spiro atoms. The molecule has 1 aromatic heterocycles. The second-order valence-electron chi connectivity index (χ2n) is 8.92. The van der Waals surface area contributed by atoms with Crippen LogP contribution < -0.4 is 4.90 Å². The Labute approximate surface area is 153 Å². The minimum Gasteiger partial charge on any atom is -0.367 e. The largest absolute Gasteiger partial charge is 0.367 e. The summed E-state index contributed by atoms with van der Waals surface area (Å²) in [6.07, 6.45) is 8.56. The molecule has 0 atom stereocenters. The number of aryl methyl sites for hydroxylation is 1. The van der Waals surface area contributed by atoms with Crippen LogP contribution >= 0.6 is 11.6 Å². The summed E-state index contributed by atoms with van der Waals surface area (Å²) in [5.74, 6) is 4.66. The molecule has 7 rings (SSSR count). The first-order valence-electron chi connectivity index (χ1n) is 9.89. The summed E-state index contributed by atoms with van der Waals surface area (Å²) in [5.41, 5.74) is 3.87. The molecule has 4 fully saturated rings. The van der Waals surface area contributed by atoms with Gasteiger partial charge >= 0.3 is 0 Å². The van der Waals surface area contributed by atoms with Crippen molar-refractivity contribution in [2.45, 2.75) is 51.5 Å². The van der Waals surface area contributed by atoms with Crippen LogP contribution in [-0.4, -0.2) is 22.6 Å². The minimum absolute atomic E-state index is 0.599. The minimum atomic E-state index is 0.599. The molecule has 1 aromatic carbocycles. The van der Waals surface area contributed by atoms with Crippen LogP contribution in [0.5, 0.6) is 0 Å². The molecule has 0 saturated heterocycles. The molecule has 3 nitrogen and oxygen atoms in total. The third-order valence-electron chi connectivity index (χ3n) is 7.43. The lowest BCUT2D eigenvalue weighted by Crippen LogP contribution is -2.55. The molecule has 0 unspecified atom stereocenters. The standard InChI is InChI=1S/C21H24ClN3/c1-11-23-18-9-14-2-3-25(19(14)10-17(18)21(22)24-11)20-15-5-12-4-13(7-15)8-16(20)6-12/h9-10,12-13,15-16,20H,2-8H2,1H3. The highest BCUT2D eigenvalue weighted by Gasteiger charge is 2.50. The molecule has 1 aliphatic heterocycles. The highest BCUT2D eigenvalue weighted by Crippen LogP contribution is 2.56. The molecule has 4 bridgehead atoms. The van der Waals surface area contributed by atoms with Gasteiger partial charge < -0.3 is 4.90 Å². The van der Waals surface area contributed by atoms with Gasteiger partial charge in [-0.2, -0.15) is 0 Å². The third kappa shape index (κ3) is 2.11. The molecule has 4 saturated carbocycles. The van der Waals surface area contributed by atoms with Gasteiger partial charge in [-0.3, -0.25) is 0 Å². The van der Waals surface area contributed by atoms with Crippen molar-refractivity contribution in [1.29, 1.82) is 0 Å². The Balaban J connectivity index is 1.44. The van der Waals surface area contributed by atoms with Gasteiger partial charge in [0.2, 0.25) is 0 Å². The Morgan fingerprint density at radius 1 is 1.00 bits per heavy atom. The van der Waals surface area contributed by atoms with Crippen molar-refractivity contribution in [2.24, 2.45) is 23.7 Å². The highest BCUT2D eigenvalue weighted by atomic mass is 35.5. The molecule has 130 valence electrons. The Kier molecular flexibility index (Phi) is 3.01. The van der Waals surface area contributed by atoms with Crippen molar-refractivity contribution >= 4 is 28.2 Å². The second kappa shape index (κ2) is 5.09. The van der Waals surface area contributed by atoms with Gasteiger partial charge in [0.25, 0.3) is 0 Å². The average molecular weight is 354 g/mol. The summed E-state index contributed by atoms with van der Waals surface area (Å²) < 4.78 is 0. The molecule has 5 aliphatic rings. The van der Waals surface area contributed by atoms with E-state index in [2.05, 4.69) is 27.0 Å². The van der Waals surface area contributed by atoms with Crippen LogP contribution in [0.1, 0.15) is 43.5 Å². The number of fused-ring (bicyclic) bond motifs is 2. The molecule has 0 amide bonds. The van der Waals surface area contributed by atoms with E-state index in [9.17, 15) is 0 Å². The van der Waals surface area contributed by atoms with Crippen molar-refractivity contribution in [3.63, 3.8) is 0 Å². The van der Waals surface area contributed by atoms with Crippen LogP contribution in [-0.2, 0) is 6.42 Å². The molecule has 4 heteroatoms. The number of hydrogen-bond donors (Lipinski definition) is 0. The maximum absolute atomic E-state index is 6.45. The lowest BCUT2D eigenvalue weighted by Gasteiger charge is -2.57. The number of aromatic nitrogens is 2. The molecule has 4 aliphatic carbocycles. The zero-order valence-electron chi connectivity index (χ0n) is 14.7. The summed E-state index contributed by atoms with van der Waals surface area (Å²) in [6, 6.07) is 5.31. The number of halogens is 1. The summed E-state index contributed by atoms with van der Waals surface area (Å²) in [4.78, 5) is 11.7. The lowest BCUT2D eigenvalue weighted by molar-refractivity contribution is -0.00222. The van der Waals surface area contributed by atoms with E-state index < -0.39 is 0 Å². The van der Waals surface area contributed by atoms with E-state index in [4.69, 9.17) is 11.6 Å². The SMILES string of the molecule is Cc1nc(Cl)c2cc3c(cc2n1)CCN3C1C2CC3CC(C2)CC1C3. The Bertz CT molecular complexity index is 849. The fraction of sp³-hybridized carbons (Fsp3) is 0.619. The van der Waals surface area contributed by atoms with Crippen molar-refractivity contribution in [2.75, 3.05) is 11.4 Å². The van der Waals surface area contributed by atoms with E-state index in [1.54, 1.807) is 0 Å². The quantitative estimate of drug-likeness (QED) is 0.691. The Morgan fingerprint density at radius 2 is 1.72 bits per heavy atom. The molecular weight excluding hydrogens is 330 g/mol. The van der Waals surface area contributed by atoms with E-state index >= 15 is 0 Å². The number of benzene rings is 1. The Morgan fingerprint density at radius 3 is 2.44 bits per heavy atom. The number of anilines is 1. The number of hydrogen-bond acceptors (Lipinski definition) is 3. The van der Waals surface area contributed by atoms with Crippen LogP contribution in [0.15, 0.2) is 12.1 Å². The van der Waals surface area contributed by atoms with Crippen LogP contribution in [0, 0.1) is 30.6 Å². The van der Waals surface area contributed by atoms with E-state index in [-0.39, 0.29) is 0 Å². The van der Waals surface area contributed by atoms with Gasteiger partial charge in [0.1, 0.15) is 11.0 Å². The summed E-state index contributed by atoms with van der Waals surface area (Å²) in [7, 11) is 0. The van der Waals surface area contributed by atoms with Crippen molar-refractivity contribution in [1.82, 2.24) is 9.97 Å². The van der Waals surface area contributed by atoms with E-state index in [0.29, 0.717) is 5.15 Å². The second-order valence-corrected chi connectivity index (χ2v) is 9.28. The first kappa shape index (κ1) is 14.8. The fourth-order valence-electron chi connectivity index (χ4n) is 6.82. The number of nitrogens with zero attached hydrogens (tertiary/aromatic N) is 3. The molecule has 2 heterocycles. The maximum atomic E-state index is 6.45. The predicted molar refractivity (Wildman–Crippen MR) is 101 cm³/mol. The summed E-state index contributed by atoms with van der Waals surface area (Å²) in [6.45, 7) is 3.09. The first-order chi connectivity index (χ1) is 12.2. The number of rotatable bonds is 1. The van der Waals surface area contributed by atoms with Crippen molar-refractivity contribution < 1.29 is 0 Å². The molecule has 25 heavy (non-hydrogen) atoms. The summed E-state index contributed by atoms with van der Waals surface area (Å²) >= 11 is 6.45. The first-order valence-corrected chi connectivity index (χ1v) is 10.3. The van der Waals surface area contributed by atoms with Gasteiger partial charge in [-0.15, -0.1) is 0 Å². The van der Waals surface area contributed by atoms with Crippen molar-refractivity contribution in [3.05, 3.63) is 28.7 Å². The predicted octanol–water partition coefficient (Wildman–Crippen LogP) is 4.78. The monoisotopic (exact) mass is 353 g/mol. The fourth-order valence-corrected chi connectivity index (χ4v) is 7.10. The van der Waals surface area contributed by atoms with Gasteiger partial charge in [-0.1, -0.05) is 11.6 Å². The maximum Gasteiger partial charge on any atom is 0.140 e. The van der Waals surface area contributed by atoms with E-state index in [1.807, 2.05) is 6.92 Å². The zero-order valence-corrected chi connectivity index (χ0v) is 15.5. The normalized spacial score (nSPS) is 35.6. The van der Waals surface area contributed by atoms with Gasteiger partial charge in [-0.05, 0) is 86.8 Å². The van der Waals surface area contributed by atoms with Crippen LogP contribution in [0.2, 0.25) is 5.15 Å². The topological polar surface area (TPSA) is 29.0 Å². The Hall–Kier alpha value is -1.35. The van der Waals surface area contributed by atoms with Crippen LogP contribution in [0.3, 0.4) is 0 Å². The lowest BCUT2D eigenvalue weighted by atomic mass is 9.54. The molecule has 2 aromatic rings. The van der Waals surface area contributed by atoms with Gasteiger partial charge in [-0.25, -0.2) is 9.97 Å². The molecule has 0 N–H and O–H groups in total. The van der Waals surface area contributed by atoms with Gasteiger partial charge in [0.15, 0.2) is 0 Å². The smallest absolute Gasteiger partial charge is 0.140 e. The summed E-state index contributed by atoms with van der Waals surface area (Å²) in [5, 5.41) is 1.61. The molecule has 0 radical (unpaired) electrons. The third-order valence-corrected chi connectivity index (χ3v) is 7.72. The van der Waals surface area contributed by atoms with E-state index in [1.165, 1.54) is 49.9 Å². The highest BCUT2D eigenvalue weighted by molar-refractivity contribution is 6.34. The van der Waals surface area contributed by atoms with Crippen LogP contribution in [0.25, 0.3) is 10.9 Å².